The van der Waals surface area contributed by atoms with Crippen molar-refractivity contribution < 1.29 is 31.6 Å². The zero-order valence-electron chi connectivity index (χ0n) is 13.6. The Balaban J connectivity index is 2.43. The summed E-state index contributed by atoms with van der Waals surface area (Å²) < 4.78 is 64.9. The lowest BCUT2D eigenvalue weighted by Gasteiger charge is -2.22. The second kappa shape index (κ2) is 8.26. The molecule has 0 atom stereocenters. The van der Waals surface area contributed by atoms with E-state index in [1.165, 1.54) is 29.7 Å². The molecule has 0 aliphatic rings. The highest BCUT2D eigenvalue weighted by molar-refractivity contribution is 7.89. The molecule has 27 heavy (non-hydrogen) atoms. The van der Waals surface area contributed by atoms with E-state index in [-0.39, 0.29) is 6.54 Å². The van der Waals surface area contributed by atoms with Gasteiger partial charge in [0.05, 0.1) is 17.0 Å². The predicted molar refractivity (Wildman–Crippen MR) is 90.4 cm³/mol. The van der Waals surface area contributed by atoms with Crippen LogP contribution in [0.3, 0.4) is 0 Å². The van der Waals surface area contributed by atoms with Gasteiger partial charge in [0.15, 0.2) is 0 Å². The summed E-state index contributed by atoms with van der Waals surface area (Å²) in [5, 5.41) is 9.09. The second-order valence-electron chi connectivity index (χ2n) is 5.46. The first-order valence-corrected chi connectivity index (χ1v) is 9.20. The summed E-state index contributed by atoms with van der Waals surface area (Å²) in [5.41, 5.74) is 0.611. The maximum absolute atomic E-state index is 12.9. The van der Waals surface area contributed by atoms with E-state index in [1.807, 2.05) is 0 Å². The van der Waals surface area contributed by atoms with Crippen LogP contribution in [-0.2, 0) is 27.5 Å². The van der Waals surface area contributed by atoms with E-state index in [0.29, 0.717) is 21.0 Å². The standard InChI is InChI=1S/C16H14ClF3N2O4S/c17-13-6-4-11(5-7-13)9-22(10-15(23)21-24)27(25,26)14-3-1-2-12(8-14)16(18,19)20/h1-8,24H,9-10H2,(H,21,23). The third-order valence-electron chi connectivity index (χ3n) is 3.52. The lowest BCUT2D eigenvalue weighted by Crippen LogP contribution is -2.39. The molecule has 2 N–H and O–H groups in total. The van der Waals surface area contributed by atoms with Crippen LogP contribution in [0.25, 0.3) is 0 Å². The van der Waals surface area contributed by atoms with Crippen LogP contribution in [0.15, 0.2) is 53.4 Å². The zero-order valence-corrected chi connectivity index (χ0v) is 15.1. The van der Waals surface area contributed by atoms with Gasteiger partial charge in [-0.05, 0) is 35.9 Å². The fraction of sp³-hybridized carbons (Fsp3) is 0.188. The summed E-state index contributed by atoms with van der Waals surface area (Å²) in [6.07, 6.45) is -4.73. The van der Waals surface area contributed by atoms with Crippen molar-refractivity contribution in [3.05, 3.63) is 64.7 Å². The first kappa shape index (κ1) is 21.2. The highest BCUT2D eigenvalue weighted by atomic mass is 35.5. The van der Waals surface area contributed by atoms with Crippen molar-refractivity contribution >= 4 is 27.5 Å². The fourth-order valence-corrected chi connectivity index (χ4v) is 3.75. The molecule has 0 fully saturated rings. The fourth-order valence-electron chi connectivity index (χ4n) is 2.20. The summed E-state index contributed by atoms with van der Waals surface area (Å²) >= 11 is 5.77. The number of nitrogens with one attached hydrogen (secondary N) is 1. The molecule has 0 saturated carbocycles. The summed E-state index contributed by atoms with van der Waals surface area (Å²) in [5.74, 6) is -1.04. The Morgan fingerprint density at radius 2 is 1.78 bits per heavy atom. The van der Waals surface area contributed by atoms with Crippen LogP contribution in [0.1, 0.15) is 11.1 Å². The number of carbonyl (C=O) groups is 1. The van der Waals surface area contributed by atoms with Crippen LogP contribution in [0.5, 0.6) is 0 Å². The van der Waals surface area contributed by atoms with Gasteiger partial charge in [0, 0.05) is 11.6 Å². The van der Waals surface area contributed by atoms with Crippen molar-refractivity contribution in [1.29, 1.82) is 0 Å². The van der Waals surface area contributed by atoms with Crippen molar-refractivity contribution in [3.63, 3.8) is 0 Å². The molecule has 0 bridgehead atoms. The number of nitrogens with zero attached hydrogens (tertiary/aromatic N) is 1. The second-order valence-corrected chi connectivity index (χ2v) is 7.83. The van der Waals surface area contributed by atoms with Crippen LogP contribution in [0.4, 0.5) is 13.2 Å². The van der Waals surface area contributed by atoms with Gasteiger partial charge in [-0.2, -0.15) is 17.5 Å². The van der Waals surface area contributed by atoms with Crippen molar-refractivity contribution in [3.8, 4) is 0 Å². The highest BCUT2D eigenvalue weighted by Crippen LogP contribution is 2.31. The average molecular weight is 423 g/mol. The van der Waals surface area contributed by atoms with Crippen molar-refractivity contribution in [2.45, 2.75) is 17.6 Å². The summed E-state index contributed by atoms with van der Waals surface area (Å²) in [4.78, 5) is 10.9. The van der Waals surface area contributed by atoms with Crippen molar-refractivity contribution in [2.24, 2.45) is 0 Å². The third kappa shape index (κ3) is 5.42. The first-order chi connectivity index (χ1) is 12.5. The molecule has 0 aliphatic carbocycles. The van der Waals surface area contributed by atoms with Crippen LogP contribution in [0, 0.1) is 0 Å². The Morgan fingerprint density at radius 3 is 2.33 bits per heavy atom. The number of alkyl halides is 3. The Morgan fingerprint density at radius 1 is 1.15 bits per heavy atom. The van der Waals surface area contributed by atoms with Crippen LogP contribution < -0.4 is 5.48 Å². The average Bonchev–Trinajstić information content (AvgIpc) is 2.62. The molecule has 0 saturated heterocycles. The van der Waals surface area contributed by atoms with Gasteiger partial charge in [-0.25, -0.2) is 13.9 Å². The van der Waals surface area contributed by atoms with Crippen LogP contribution >= 0.6 is 11.6 Å². The summed E-state index contributed by atoms with van der Waals surface area (Å²) in [7, 11) is -4.47. The van der Waals surface area contributed by atoms with Crippen LogP contribution in [-0.4, -0.2) is 30.4 Å². The van der Waals surface area contributed by atoms with Crippen molar-refractivity contribution in [2.75, 3.05) is 6.54 Å². The molecule has 2 rings (SSSR count). The molecule has 0 radical (unpaired) electrons. The smallest absolute Gasteiger partial charge is 0.289 e. The Labute approximate surface area is 158 Å². The van der Waals surface area contributed by atoms with Crippen LogP contribution in [0.2, 0.25) is 5.02 Å². The van der Waals surface area contributed by atoms with E-state index < -0.39 is 39.1 Å². The van der Waals surface area contributed by atoms with E-state index in [2.05, 4.69) is 0 Å². The van der Waals surface area contributed by atoms with Gasteiger partial charge in [0.2, 0.25) is 10.0 Å². The maximum Gasteiger partial charge on any atom is 0.416 e. The Bertz CT molecular complexity index is 918. The molecule has 6 nitrogen and oxygen atoms in total. The van der Waals surface area contributed by atoms with Gasteiger partial charge >= 0.3 is 6.18 Å². The van der Waals surface area contributed by atoms with E-state index in [0.717, 1.165) is 18.2 Å². The molecular formula is C16H14ClF3N2O4S. The van der Waals surface area contributed by atoms with Gasteiger partial charge in [-0.1, -0.05) is 29.8 Å². The number of carbonyl (C=O) groups excluding carboxylic acids is 1. The minimum atomic E-state index is -4.73. The lowest BCUT2D eigenvalue weighted by molar-refractivity contribution is -0.137. The molecule has 0 aliphatic heterocycles. The largest absolute Gasteiger partial charge is 0.416 e. The number of benzene rings is 2. The van der Waals surface area contributed by atoms with Gasteiger partial charge < -0.3 is 0 Å². The molecule has 2 aromatic carbocycles. The Kier molecular flexibility index (Phi) is 6.47. The third-order valence-corrected chi connectivity index (χ3v) is 5.56. The van der Waals surface area contributed by atoms with Gasteiger partial charge in [0.1, 0.15) is 0 Å². The normalized spacial score (nSPS) is 12.2. The molecule has 0 unspecified atom stereocenters. The molecule has 1 amide bonds. The number of sulfonamides is 1. The SMILES string of the molecule is O=C(CN(Cc1ccc(Cl)cc1)S(=O)(=O)c1cccc(C(F)(F)F)c1)NO. The number of hydrogen-bond donors (Lipinski definition) is 2. The molecular weight excluding hydrogens is 409 g/mol. The predicted octanol–water partition coefficient (Wildman–Crippen LogP) is 3.06. The first-order valence-electron chi connectivity index (χ1n) is 7.39. The molecule has 11 heteroatoms. The minimum absolute atomic E-state index is 0.316. The van der Waals surface area contributed by atoms with E-state index >= 15 is 0 Å². The number of halogens is 4. The van der Waals surface area contributed by atoms with Crippen molar-refractivity contribution in [1.82, 2.24) is 9.79 Å². The Hall–Kier alpha value is -2.14. The summed E-state index contributed by atoms with van der Waals surface area (Å²) in [6.45, 7) is -1.11. The molecule has 0 aromatic heterocycles. The number of hydroxylamine groups is 1. The molecule has 0 spiro atoms. The minimum Gasteiger partial charge on any atom is -0.289 e. The molecule has 0 heterocycles. The quantitative estimate of drug-likeness (QED) is 0.553. The highest BCUT2D eigenvalue weighted by Gasteiger charge is 2.33. The lowest BCUT2D eigenvalue weighted by atomic mass is 10.2. The zero-order chi connectivity index (χ0) is 20.2. The maximum atomic E-state index is 12.9. The van der Waals surface area contributed by atoms with Gasteiger partial charge in [-0.15, -0.1) is 0 Å². The van der Waals surface area contributed by atoms with E-state index in [1.54, 1.807) is 0 Å². The van der Waals surface area contributed by atoms with Gasteiger partial charge in [0.25, 0.3) is 5.91 Å². The topological polar surface area (TPSA) is 86.7 Å². The molecule has 2 aromatic rings. The number of hydrogen-bond acceptors (Lipinski definition) is 4. The summed E-state index contributed by atoms with van der Waals surface area (Å²) in [6, 6.07) is 9.19. The van der Waals surface area contributed by atoms with Gasteiger partial charge in [-0.3, -0.25) is 10.0 Å². The monoisotopic (exact) mass is 422 g/mol. The number of rotatable bonds is 6. The van der Waals surface area contributed by atoms with E-state index in [9.17, 15) is 26.4 Å². The number of amides is 1. The molecule has 146 valence electrons. The van der Waals surface area contributed by atoms with E-state index in [4.69, 9.17) is 16.8 Å².